The zero-order valence-electron chi connectivity index (χ0n) is 17.3. The largest absolute Gasteiger partial charge is 0.481 e. The number of hydrogen-bond donors (Lipinski definition) is 1. The van der Waals surface area contributed by atoms with Gasteiger partial charge in [0.1, 0.15) is 11.2 Å². The summed E-state index contributed by atoms with van der Waals surface area (Å²) in [6, 6.07) is 0. The number of carboxylic acid groups (broad SMARTS) is 1. The van der Waals surface area contributed by atoms with Crippen LogP contribution in [0.4, 0.5) is 0 Å². The predicted molar refractivity (Wildman–Crippen MR) is 98.8 cm³/mol. The lowest BCUT2D eigenvalue weighted by atomic mass is 10.0. The number of carboxylic acids is 1. The van der Waals surface area contributed by atoms with Gasteiger partial charge in [0.2, 0.25) is 0 Å². The zero-order chi connectivity index (χ0) is 20.5. The summed E-state index contributed by atoms with van der Waals surface area (Å²) >= 11 is 0. The Labute approximate surface area is 157 Å². The Morgan fingerprint density at radius 3 is 1.65 bits per heavy atom. The molecule has 0 aliphatic carbocycles. The van der Waals surface area contributed by atoms with Crippen LogP contribution in [0.3, 0.4) is 0 Å². The third kappa shape index (κ3) is 13.6. The van der Waals surface area contributed by atoms with Gasteiger partial charge in [0.05, 0.1) is 19.0 Å². The quantitative estimate of drug-likeness (QED) is 0.465. The third-order valence-corrected chi connectivity index (χ3v) is 3.33. The number of carbonyl (C=O) groups is 3. The summed E-state index contributed by atoms with van der Waals surface area (Å²) in [5.74, 6) is -2.02. The van der Waals surface area contributed by atoms with Gasteiger partial charge in [0, 0.05) is 0 Å². The van der Waals surface area contributed by atoms with Crippen molar-refractivity contribution in [1.29, 1.82) is 0 Å². The highest BCUT2D eigenvalue weighted by Gasteiger charge is 2.23. The number of unbranched alkanes of at least 4 members (excludes halogenated alkanes) is 1. The van der Waals surface area contributed by atoms with Crippen LogP contribution >= 0.6 is 0 Å². The fraction of sp³-hybridized carbons (Fsp3) is 0.842. The van der Waals surface area contributed by atoms with E-state index >= 15 is 0 Å². The van der Waals surface area contributed by atoms with E-state index in [1.54, 1.807) is 53.4 Å². The van der Waals surface area contributed by atoms with Gasteiger partial charge in [-0.1, -0.05) is 13.3 Å². The van der Waals surface area contributed by atoms with Crippen molar-refractivity contribution in [3.8, 4) is 0 Å². The average molecular weight is 373 g/mol. The highest BCUT2D eigenvalue weighted by Crippen LogP contribution is 2.12. The lowest BCUT2D eigenvalue weighted by Gasteiger charge is -2.26. The Hall–Kier alpha value is -1.63. The van der Waals surface area contributed by atoms with Crippen LogP contribution in [0.1, 0.15) is 67.7 Å². The van der Waals surface area contributed by atoms with Gasteiger partial charge in [-0.05, 0) is 60.9 Å². The SMILES string of the molecule is CC(CCCCN(CC(=O)OC(C)(C)C)CC(=O)OC(C)(C)C)C(=O)O. The maximum atomic E-state index is 12.1. The van der Waals surface area contributed by atoms with E-state index in [1.807, 2.05) is 0 Å². The Morgan fingerprint density at radius 2 is 1.31 bits per heavy atom. The fourth-order valence-electron chi connectivity index (χ4n) is 2.24. The van der Waals surface area contributed by atoms with Crippen LogP contribution in [0.25, 0.3) is 0 Å². The van der Waals surface area contributed by atoms with E-state index in [4.69, 9.17) is 14.6 Å². The first-order valence-corrected chi connectivity index (χ1v) is 9.08. The van der Waals surface area contributed by atoms with E-state index in [0.717, 1.165) is 0 Å². The van der Waals surface area contributed by atoms with E-state index in [1.165, 1.54) is 0 Å². The van der Waals surface area contributed by atoms with Crippen molar-refractivity contribution in [1.82, 2.24) is 4.90 Å². The van der Waals surface area contributed by atoms with Crippen LogP contribution in [0.2, 0.25) is 0 Å². The van der Waals surface area contributed by atoms with E-state index in [-0.39, 0.29) is 13.1 Å². The molecule has 1 unspecified atom stereocenters. The maximum absolute atomic E-state index is 12.1. The van der Waals surface area contributed by atoms with Crippen molar-refractivity contribution in [2.45, 2.75) is 78.9 Å². The Bertz CT molecular complexity index is 445. The summed E-state index contributed by atoms with van der Waals surface area (Å²) in [6.45, 7) is 12.9. The molecule has 0 aliphatic heterocycles. The Morgan fingerprint density at radius 1 is 0.885 bits per heavy atom. The van der Waals surface area contributed by atoms with Crippen LogP contribution in [-0.4, -0.2) is 58.8 Å². The molecule has 0 saturated heterocycles. The summed E-state index contributed by atoms with van der Waals surface area (Å²) in [5.41, 5.74) is -1.18. The molecule has 0 amide bonds. The molecule has 7 nitrogen and oxygen atoms in total. The molecule has 1 N–H and O–H groups in total. The van der Waals surface area contributed by atoms with Crippen molar-refractivity contribution in [3.63, 3.8) is 0 Å². The number of ether oxygens (including phenoxy) is 2. The molecule has 0 radical (unpaired) electrons. The molecule has 0 fully saturated rings. The van der Waals surface area contributed by atoms with E-state index in [0.29, 0.717) is 25.8 Å². The minimum absolute atomic E-state index is 0.00893. The van der Waals surface area contributed by atoms with Crippen molar-refractivity contribution < 1.29 is 29.0 Å². The van der Waals surface area contributed by atoms with E-state index in [2.05, 4.69) is 0 Å². The number of rotatable bonds is 10. The second-order valence-corrected chi connectivity index (χ2v) is 8.62. The van der Waals surface area contributed by atoms with Gasteiger partial charge < -0.3 is 14.6 Å². The van der Waals surface area contributed by atoms with Crippen LogP contribution in [0, 0.1) is 5.92 Å². The molecule has 0 aromatic carbocycles. The summed E-state index contributed by atoms with van der Waals surface area (Å²) in [5, 5.41) is 8.91. The highest BCUT2D eigenvalue weighted by molar-refractivity contribution is 5.75. The molecule has 0 aliphatic rings. The molecular formula is C19H35NO6. The minimum atomic E-state index is -0.815. The normalized spacial score (nSPS) is 13.4. The molecule has 0 saturated carbocycles. The number of carbonyl (C=O) groups excluding carboxylic acids is 2. The minimum Gasteiger partial charge on any atom is -0.481 e. The molecular weight excluding hydrogens is 338 g/mol. The van der Waals surface area contributed by atoms with Crippen molar-refractivity contribution in [3.05, 3.63) is 0 Å². The van der Waals surface area contributed by atoms with Gasteiger partial charge in [0.25, 0.3) is 0 Å². The van der Waals surface area contributed by atoms with Crippen molar-refractivity contribution in [2.24, 2.45) is 5.92 Å². The number of esters is 2. The lowest BCUT2D eigenvalue weighted by Crippen LogP contribution is -2.40. The third-order valence-electron chi connectivity index (χ3n) is 3.33. The molecule has 0 aromatic rings. The topological polar surface area (TPSA) is 93.1 Å². The van der Waals surface area contributed by atoms with E-state index < -0.39 is 35.0 Å². The molecule has 1 atom stereocenters. The standard InChI is InChI=1S/C19H35NO6/c1-14(17(23)24)10-8-9-11-20(12-15(21)25-18(2,3)4)13-16(22)26-19(5,6)7/h14H,8-13H2,1-7H3,(H,23,24). The molecule has 152 valence electrons. The monoisotopic (exact) mass is 373 g/mol. The van der Waals surface area contributed by atoms with Crippen molar-refractivity contribution in [2.75, 3.05) is 19.6 Å². The van der Waals surface area contributed by atoms with Crippen LogP contribution in [0.15, 0.2) is 0 Å². The smallest absolute Gasteiger partial charge is 0.320 e. The van der Waals surface area contributed by atoms with Crippen molar-refractivity contribution >= 4 is 17.9 Å². The Kier molecular flexibility index (Phi) is 9.84. The second-order valence-electron chi connectivity index (χ2n) is 8.62. The molecule has 0 heterocycles. The summed E-state index contributed by atoms with van der Waals surface area (Å²) in [6.07, 6.45) is 1.94. The first-order chi connectivity index (χ1) is 11.7. The molecule has 26 heavy (non-hydrogen) atoms. The summed E-state index contributed by atoms with van der Waals surface area (Å²) in [4.78, 5) is 36.7. The molecule has 7 heteroatoms. The van der Waals surface area contributed by atoms with Gasteiger partial charge in [0.15, 0.2) is 0 Å². The van der Waals surface area contributed by atoms with Crippen LogP contribution in [-0.2, 0) is 23.9 Å². The zero-order valence-corrected chi connectivity index (χ0v) is 17.3. The van der Waals surface area contributed by atoms with E-state index in [9.17, 15) is 14.4 Å². The molecule has 0 spiro atoms. The average Bonchev–Trinajstić information content (AvgIpc) is 2.38. The number of nitrogens with zero attached hydrogens (tertiary/aromatic N) is 1. The van der Waals surface area contributed by atoms with Gasteiger partial charge in [-0.25, -0.2) is 0 Å². The molecule has 0 rings (SSSR count). The molecule has 0 aromatic heterocycles. The number of hydrogen-bond acceptors (Lipinski definition) is 6. The second kappa shape index (κ2) is 10.5. The van der Waals surface area contributed by atoms with Crippen LogP contribution < -0.4 is 0 Å². The maximum Gasteiger partial charge on any atom is 0.320 e. The first-order valence-electron chi connectivity index (χ1n) is 9.08. The van der Waals surface area contributed by atoms with Gasteiger partial charge in [-0.2, -0.15) is 0 Å². The lowest BCUT2D eigenvalue weighted by molar-refractivity contribution is -0.159. The Balaban J connectivity index is 4.65. The summed E-state index contributed by atoms with van der Waals surface area (Å²) < 4.78 is 10.6. The number of aliphatic carboxylic acids is 1. The highest BCUT2D eigenvalue weighted by atomic mass is 16.6. The van der Waals surface area contributed by atoms with Gasteiger partial charge in [-0.15, -0.1) is 0 Å². The predicted octanol–water partition coefficient (Wildman–Crippen LogP) is 2.86. The fourth-order valence-corrected chi connectivity index (χ4v) is 2.24. The van der Waals surface area contributed by atoms with Gasteiger partial charge >= 0.3 is 17.9 Å². The first kappa shape index (κ1) is 24.4. The van der Waals surface area contributed by atoms with Gasteiger partial charge in [-0.3, -0.25) is 19.3 Å². The van der Waals surface area contributed by atoms with Crippen LogP contribution in [0.5, 0.6) is 0 Å². The summed E-state index contributed by atoms with van der Waals surface area (Å²) in [7, 11) is 0. The molecule has 0 bridgehead atoms.